The van der Waals surface area contributed by atoms with E-state index in [2.05, 4.69) is 25.9 Å². The van der Waals surface area contributed by atoms with Gasteiger partial charge in [-0.2, -0.15) is 0 Å². The fourth-order valence-corrected chi connectivity index (χ4v) is 3.50. The number of fused-ring (bicyclic) bond motifs is 1. The molecule has 0 unspecified atom stereocenters. The zero-order chi connectivity index (χ0) is 15.0. The van der Waals surface area contributed by atoms with E-state index in [4.69, 9.17) is 0 Å². The third-order valence-electron chi connectivity index (χ3n) is 3.38. The van der Waals surface area contributed by atoms with E-state index in [0.29, 0.717) is 4.90 Å². The predicted molar refractivity (Wildman–Crippen MR) is 87.0 cm³/mol. The number of aromatic nitrogens is 2. The topological polar surface area (TPSA) is 62.8 Å². The predicted octanol–water partition coefficient (Wildman–Crippen LogP) is 3.79. The summed E-state index contributed by atoms with van der Waals surface area (Å²) in [4.78, 5) is 7.75. The van der Waals surface area contributed by atoms with Gasteiger partial charge in [0.15, 0.2) is 9.84 Å². The molecule has 3 aromatic rings. The Morgan fingerprint density at radius 2 is 2.10 bits per heavy atom. The summed E-state index contributed by atoms with van der Waals surface area (Å²) in [6, 6.07) is 8.98. The van der Waals surface area contributed by atoms with Crippen molar-refractivity contribution >= 4 is 36.8 Å². The molecule has 0 fully saturated rings. The van der Waals surface area contributed by atoms with E-state index in [-0.39, 0.29) is 5.75 Å². The molecule has 0 saturated heterocycles. The van der Waals surface area contributed by atoms with Gasteiger partial charge in [-0.1, -0.05) is 19.1 Å². The maximum Gasteiger partial charge on any atom is 0.178 e. The highest BCUT2D eigenvalue weighted by Crippen LogP contribution is 2.30. The van der Waals surface area contributed by atoms with Crippen molar-refractivity contribution in [1.29, 1.82) is 0 Å². The van der Waals surface area contributed by atoms with Crippen LogP contribution in [0.5, 0.6) is 0 Å². The van der Waals surface area contributed by atoms with Gasteiger partial charge in [-0.05, 0) is 39.7 Å². The highest BCUT2D eigenvalue weighted by molar-refractivity contribution is 9.10. The number of hydrogen-bond acceptors (Lipinski definition) is 3. The van der Waals surface area contributed by atoms with Crippen molar-refractivity contribution in [2.24, 2.45) is 0 Å². The number of pyridine rings is 1. The summed E-state index contributed by atoms with van der Waals surface area (Å²) in [5.74, 6) is 0.0947. The smallest absolute Gasteiger partial charge is 0.178 e. The third kappa shape index (κ3) is 2.61. The molecular weight excluding hydrogens is 352 g/mol. The lowest BCUT2D eigenvalue weighted by Gasteiger charge is -2.05. The Hall–Kier alpha value is -1.66. The van der Waals surface area contributed by atoms with Crippen LogP contribution in [-0.4, -0.2) is 24.1 Å². The lowest BCUT2D eigenvalue weighted by molar-refractivity contribution is 0.597. The monoisotopic (exact) mass is 364 g/mol. The van der Waals surface area contributed by atoms with E-state index in [9.17, 15) is 8.42 Å². The summed E-state index contributed by atoms with van der Waals surface area (Å²) >= 11 is 3.41. The molecule has 3 rings (SSSR count). The quantitative estimate of drug-likeness (QED) is 0.768. The van der Waals surface area contributed by atoms with Gasteiger partial charge in [0.05, 0.1) is 10.6 Å². The Bertz CT molecular complexity index is 916. The maximum absolute atomic E-state index is 12.0. The fourth-order valence-electron chi connectivity index (χ4n) is 2.24. The maximum atomic E-state index is 12.0. The van der Waals surface area contributed by atoms with Gasteiger partial charge in [-0.25, -0.2) is 13.4 Å². The van der Waals surface area contributed by atoms with Crippen molar-refractivity contribution in [1.82, 2.24) is 9.97 Å². The Balaban J connectivity index is 2.20. The van der Waals surface area contributed by atoms with Gasteiger partial charge < -0.3 is 4.98 Å². The van der Waals surface area contributed by atoms with Crippen molar-refractivity contribution in [3.63, 3.8) is 0 Å². The van der Waals surface area contributed by atoms with Crippen LogP contribution in [0.3, 0.4) is 0 Å². The van der Waals surface area contributed by atoms with E-state index < -0.39 is 9.84 Å². The highest BCUT2D eigenvalue weighted by Gasteiger charge is 2.14. The average molecular weight is 365 g/mol. The summed E-state index contributed by atoms with van der Waals surface area (Å²) in [5, 5.41) is 0.954. The second-order valence-electron chi connectivity index (χ2n) is 4.68. The zero-order valence-electron chi connectivity index (χ0n) is 11.3. The number of nitrogens with zero attached hydrogens (tertiary/aromatic N) is 1. The highest BCUT2D eigenvalue weighted by atomic mass is 79.9. The van der Waals surface area contributed by atoms with Crippen LogP contribution in [0.25, 0.3) is 22.2 Å². The molecule has 1 aromatic carbocycles. The summed E-state index contributed by atoms with van der Waals surface area (Å²) in [6.07, 6.45) is 3.57. The van der Waals surface area contributed by atoms with Gasteiger partial charge in [-0.15, -0.1) is 0 Å². The number of aromatic amines is 1. The van der Waals surface area contributed by atoms with Crippen LogP contribution in [0.4, 0.5) is 0 Å². The van der Waals surface area contributed by atoms with Gasteiger partial charge in [0.25, 0.3) is 0 Å². The normalized spacial score (nSPS) is 11.9. The molecule has 0 spiro atoms. The SMILES string of the molecule is CCS(=O)(=O)c1cccc(-c2c[nH]c3ncc(Br)cc23)c1. The second-order valence-corrected chi connectivity index (χ2v) is 7.88. The molecule has 0 saturated carbocycles. The largest absolute Gasteiger partial charge is 0.346 e. The molecule has 0 aliphatic carbocycles. The van der Waals surface area contributed by atoms with Crippen molar-refractivity contribution < 1.29 is 8.42 Å². The van der Waals surface area contributed by atoms with Gasteiger partial charge in [-0.3, -0.25) is 0 Å². The van der Waals surface area contributed by atoms with Crippen molar-refractivity contribution in [3.05, 3.63) is 47.2 Å². The Kier molecular flexibility index (Phi) is 3.59. The number of benzene rings is 1. The third-order valence-corrected chi connectivity index (χ3v) is 5.55. The standard InChI is InChI=1S/C15H13BrN2O2S/c1-2-21(19,20)12-5-3-4-10(6-12)14-9-18-15-13(14)7-11(16)8-17-15/h3-9H,2H2,1H3,(H,17,18). The van der Waals surface area contributed by atoms with E-state index >= 15 is 0 Å². The molecule has 0 radical (unpaired) electrons. The molecule has 2 heterocycles. The van der Waals surface area contributed by atoms with Crippen molar-refractivity contribution in [3.8, 4) is 11.1 Å². The van der Waals surface area contributed by atoms with Crippen LogP contribution < -0.4 is 0 Å². The Morgan fingerprint density at radius 1 is 1.29 bits per heavy atom. The number of rotatable bonds is 3. The van der Waals surface area contributed by atoms with E-state index in [0.717, 1.165) is 26.6 Å². The molecule has 0 atom stereocenters. The van der Waals surface area contributed by atoms with E-state index in [1.165, 1.54) is 0 Å². The molecule has 0 aliphatic heterocycles. The first-order valence-corrected chi connectivity index (χ1v) is 8.91. The number of sulfone groups is 1. The first kappa shape index (κ1) is 14.3. The molecule has 108 valence electrons. The number of halogens is 1. The lowest BCUT2D eigenvalue weighted by atomic mass is 10.1. The summed E-state index contributed by atoms with van der Waals surface area (Å²) in [7, 11) is -3.21. The number of H-pyrrole nitrogens is 1. The second kappa shape index (κ2) is 5.27. The molecule has 0 bridgehead atoms. The fraction of sp³-hybridized carbons (Fsp3) is 0.133. The minimum Gasteiger partial charge on any atom is -0.346 e. The van der Waals surface area contributed by atoms with Crippen LogP contribution in [-0.2, 0) is 9.84 Å². The molecule has 0 aliphatic rings. The van der Waals surface area contributed by atoms with E-state index in [1.54, 1.807) is 31.3 Å². The minimum atomic E-state index is -3.21. The van der Waals surface area contributed by atoms with Gasteiger partial charge in [0.2, 0.25) is 0 Å². The first-order valence-electron chi connectivity index (χ1n) is 6.47. The minimum absolute atomic E-state index is 0.0947. The van der Waals surface area contributed by atoms with Crippen LogP contribution in [0.1, 0.15) is 6.92 Å². The lowest BCUT2D eigenvalue weighted by Crippen LogP contribution is -2.03. The summed E-state index contributed by atoms with van der Waals surface area (Å²) in [5.41, 5.74) is 2.57. The Labute approximate surface area is 131 Å². The molecule has 4 nitrogen and oxygen atoms in total. The summed E-state index contributed by atoms with van der Waals surface area (Å²) < 4.78 is 24.9. The molecule has 0 amide bonds. The summed E-state index contributed by atoms with van der Waals surface area (Å²) in [6.45, 7) is 1.65. The van der Waals surface area contributed by atoms with Gasteiger partial charge in [0.1, 0.15) is 5.65 Å². The Morgan fingerprint density at radius 3 is 2.86 bits per heavy atom. The van der Waals surface area contributed by atoms with E-state index in [1.807, 2.05) is 18.3 Å². The van der Waals surface area contributed by atoms with Crippen molar-refractivity contribution in [2.75, 3.05) is 5.75 Å². The number of hydrogen-bond donors (Lipinski definition) is 1. The first-order chi connectivity index (χ1) is 10.0. The van der Waals surface area contributed by atoms with Crippen LogP contribution in [0.2, 0.25) is 0 Å². The molecule has 6 heteroatoms. The van der Waals surface area contributed by atoms with Crippen LogP contribution >= 0.6 is 15.9 Å². The number of nitrogens with one attached hydrogen (secondary N) is 1. The molecule has 2 aromatic heterocycles. The van der Waals surface area contributed by atoms with Crippen LogP contribution in [0, 0.1) is 0 Å². The molecular formula is C15H13BrN2O2S. The molecule has 1 N–H and O–H groups in total. The average Bonchev–Trinajstić information content (AvgIpc) is 2.90. The van der Waals surface area contributed by atoms with Gasteiger partial charge in [0, 0.05) is 27.8 Å². The van der Waals surface area contributed by atoms with Crippen LogP contribution in [0.15, 0.2) is 52.1 Å². The zero-order valence-corrected chi connectivity index (χ0v) is 13.7. The molecule has 21 heavy (non-hydrogen) atoms. The van der Waals surface area contributed by atoms with Crippen molar-refractivity contribution in [2.45, 2.75) is 11.8 Å². The van der Waals surface area contributed by atoms with Gasteiger partial charge >= 0.3 is 0 Å².